The van der Waals surface area contributed by atoms with Crippen molar-refractivity contribution in [1.82, 2.24) is 4.90 Å². The summed E-state index contributed by atoms with van der Waals surface area (Å²) in [4.78, 5) is 41.5. The van der Waals surface area contributed by atoms with Crippen LogP contribution in [0.15, 0.2) is 72.8 Å². The maximum atomic E-state index is 13.3. The third-order valence-electron chi connectivity index (χ3n) is 5.34. The molecule has 32 heavy (non-hydrogen) atoms. The van der Waals surface area contributed by atoms with E-state index in [9.17, 15) is 14.4 Å². The number of nitrogens with zero attached hydrogens (tertiary/aromatic N) is 2. The second-order valence-electron chi connectivity index (χ2n) is 7.47. The van der Waals surface area contributed by atoms with Crippen LogP contribution < -0.4 is 4.90 Å². The summed E-state index contributed by atoms with van der Waals surface area (Å²) in [6.45, 7) is 0.512. The first-order valence-electron chi connectivity index (χ1n) is 10.1. The Morgan fingerprint density at radius 1 is 0.938 bits per heavy atom. The highest BCUT2D eigenvalue weighted by Gasteiger charge is 2.29. The molecule has 0 bridgehead atoms. The van der Waals surface area contributed by atoms with Crippen molar-refractivity contribution in [3.05, 3.63) is 100 Å². The Morgan fingerprint density at radius 3 is 2.44 bits per heavy atom. The summed E-state index contributed by atoms with van der Waals surface area (Å²) < 4.78 is 4.80. The fourth-order valence-electron chi connectivity index (χ4n) is 3.74. The van der Waals surface area contributed by atoms with Gasteiger partial charge >= 0.3 is 5.97 Å². The topological polar surface area (TPSA) is 66.9 Å². The van der Waals surface area contributed by atoms with Crippen molar-refractivity contribution in [2.45, 2.75) is 13.1 Å². The van der Waals surface area contributed by atoms with Gasteiger partial charge in [0, 0.05) is 22.8 Å². The van der Waals surface area contributed by atoms with E-state index in [2.05, 4.69) is 0 Å². The van der Waals surface area contributed by atoms with Crippen LogP contribution in [0.25, 0.3) is 0 Å². The van der Waals surface area contributed by atoms with Crippen LogP contribution in [0, 0.1) is 0 Å². The molecule has 0 unspecified atom stereocenters. The van der Waals surface area contributed by atoms with Crippen molar-refractivity contribution in [1.29, 1.82) is 0 Å². The van der Waals surface area contributed by atoms with Crippen LogP contribution in [0.5, 0.6) is 0 Å². The molecule has 1 heterocycles. The molecule has 0 N–H and O–H groups in total. The highest BCUT2D eigenvalue weighted by Crippen LogP contribution is 2.28. The smallest absolute Gasteiger partial charge is 0.337 e. The van der Waals surface area contributed by atoms with Crippen molar-refractivity contribution < 1.29 is 19.1 Å². The van der Waals surface area contributed by atoms with Crippen LogP contribution in [-0.2, 0) is 22.6 Å². The normalized spacial score (nSPS) is 13.4. The number of methoxy groups -OCH3 is 1. The van der Waals surface area contributed by atoms with Gasteiger partial charge in [-0.25, -0.2) is 4.79 Å². The van der Waals surface area contributed by atoms with Gasteiger partial charge < -0.3 is 14.5 Å². The predicted molar refractivity (Wildman–Crippen MR) is 122 cm³/mol. The van der Waals surface area contributed by atoms with Crippen molar-refractivity contribution in [2.75, 3.05) is 18.6 Å². The molecule has 162 valence electrons. The predicted octanol–water partition coefficient (Wildman–Crippen LogP) is 4.32. The highest BCUT2D eigenvalue weighted by molar-refractivity contribution is 6.30. The maximum Gasteiger partial charge on any atom is 0.337 e. The van der Waals surface area contributed by atoms with Gasteiger partial charge in [0.15, 0.2) is 0 Å². The zero-order valence-corrected chi connectivity index (χ0v) is 18.2. The molecule has 0 spiro atoms. The second-order valence-corrected chi connectivity index (χ2v) is 7.91. The highest BCUT2D eigenvalue weighted by atomic mass is 35.5. The number of para-hydroxylation sites is 1. The number of benzene rings is 3. The van der Waals surface area contributed by atoms with E-state index < -0.39 is 5.97 Å². The van der Waals surface area contributed by atoms with E-state index in [1.807, 2.05) is 30.3 Å². The number of ether oxygens (including phenoxy) is 1. The average molecular weight is 449 g/mol. The second kappa shape index (κ2) is 9.24. The number of hydrogen-bond acceptors (Lipinski definition) is 4. The average Bonchev–Trinajstić information content (AvgIpc) is 2.95. The zero-order chi connectivity index (χ0) is 22.7. The maximum absolute atomic E-state index is 13.3. The first-order chi connectivity index (χ1) is 15.5. The molecule has 3 aromatic carbocycles. The number of amides is 2. The molecule has 0 atom stereocenters. The van der Waals surface area contributed by atoms with Crippen LogP contribution in [0.4, 0.5) is 5.69 Å². The van der Waals surface area contributed by atoms with Crippen molar-refractivity contribution >= 4 is 35.1 Å². The largest absolute Gasteiger partial charge is 0.465 e. The summed E-state index contributed by atoms with van der Waals surface area (Å²) >= 11 is 5.94. The SMILES string of the molecule is COC(=O)c1cccc(CN2C(=O)CN(C(=O)c3ccc(Cl)cc3)Cc3ccccc32)c1. The molecule has 3 aromatic rings. The lowest BCUT2D eigenvalue weighted by Gasteiger charge is -2.23. The molecule has 1 aliphatic heterocycles. The first kappa shape index (κ1) is 21.6. The lowest BCUT2D eigenvalue weighted by atomic mass is 10.1. The van der Waals surface area contributed by atoms with Crippen molar-refractivity contribution in [2.24, 2.45) is 0 Å². The van der Waals surface area contributed by atoms with Gasteiger partial charge in [0.1, 0.15) is 6.54 Å². The number of carbonyl (C=O) groups excluding carboxylic acids is 3. The van der Waals surface area contributed by atoms with Crippen molar-refractivity contribution in [3.8, 4) is 0 Å². The van der Waals surface area contributed by atoms with Gasteiger partial charge in [-0.3, -0.25) is 9.59 Å². The Bertz CT molecular complexity index is 1180. The molecule has 0 aromatic heterocycles. The molecule has 0 radical (unpaired) electrons. The van der Waals surface area contributed by atoms with Gasteiger partial charge in [0.2, 0.25) is 5.91 Å². The Balaban J connectivity index is 1.64. The Morgan fingerprint density at radius 2 is 1.69 bits per heavy atom. The van der Waals surface area contributed by atoms with Crippen molar-refractivity contribution in [3.63, 3.8) is 0 Å². The van der Waals surface area contributed by atoms with Crippen LogP contribution in [0.2, 0.25) is 5.02 Å². The minimum atomic E-state index is -0.436. The molecule has 0 fully saturated rings. The van der Waals surface area contributed by atoms with Crippen LogP contribution in [0.3, 0.4) is 0 Å². The van der Waals surface area contributed by atoms with E-state index in [0.29, 0.717) is 22.7 Å². The fourth-order valence-corrected chi connectivity index (χ4v) is 3.87. The molecular weight excluding hydrogens is 428 g/mol. The van der Waals surface area contributed by atoms with E-state index >= 15 is 0 Å². The van der Waals surface area contributed by atoms with Gasteiger partial charge in [-0.05, 0) is 53.6 Å². The molecule has 4 rings (SSSR count). The molecule has 7 heteroatoms. The standard InChI is InChI=1S/C25H21ClN2O4/c1-32-25(31)19-7-4-5-17(13-19)14-28-22-8-3-2-6-20(22)15-27(16-23(28)29)24(30)18-9-11-21(26)12-10-18/h2-13H,14-16H2,1H3. The number of fused-ring (bicyclic) bond motifs is 1. The summed E-state index contributed by atoms with van der Waals surface area (Å²) in [6.07, 6.45) is 0. The third-order valence-corrected chi connectivity index (χ3v) is 5.59. The number of esters is 1. The Hall–Kier alpha value is -3.64. The summed E-state index contributed by atoms with van der Waals surface area (Å²) in [5, 5.41) is 0.541. The van der Waals surface area contributed by atoms with E-state index in [1.54, 1.807) is 47.4 Å². The molecule has 0 saturated carbocycles. The van der Waals surface area contributed by atoms with E-state index in [4.69, 9.17) is 16.3 Å². The van der Waals surface area contributed by atoms with E-state index in [1.165, 1.54) is 12.0 Å². The summed E-state index contributed by atoms with van der Waals surface area (Å²) in [5.41, 5.74) is 3.28. The summed E-state index contributed by atoms with van der Waals surface area (Å²) in [7, 11) is 1.33. The Kier molecular flexibility index (Phi) is 6.23. The van der Waals surface area contributed by atoms with Gasteiger partial charge in [0.05, 0.1) is 19.2 Å². The Labute approximate surface area is 191 Å². The quantitative estimate of drug-likeness (QED) is 0.557. The van der Waals surface area contributed by atoms with E-state index in [0.717, 1.165) is 16.8 Å². The minimum absolute atomic E-state index is 0.0627. The number of hydrogen-bond donors (Lipinski definition) is 0. The first-order valence-corrected chi connectivity index (χ1v) is 10.4. The fraction of sp³-hybridized carbons (Fsp3) is 0.160. The summed E-state index contributed by atoms with van der Waals surface area (Å²) in [5.74, 6) is -0.880. The number of carbonyl (C=O) groups is 3. The van der Waals surface area contributed by atoms with E-state index in [-0.39, 0.29) is 24.9 Å². The van der Waals surface area contributed by atoms with Gasteiger partial charge in [-0.15, -0.1) is 0 Å². The molecule has 0 aliphatic carbocycles. The van der Waals surface area contributed by atoms with Gasteiger partial charge in [0.25, 0.3) is 5.91 Å². The lowest BCUT2D eigenvalue weighted by Crippen LogP contribution is -2.39. The lowest BCUT2D eigenvalue weighted by molar-refractivity contribution is -0.119. The summed E-state index contributed by atoms with van der Waals surface area (Å²) in [6, 6.07) is 21.1. The van der Waals surface area contributed by atoms with Crippen LogP contribution in [0.1, 0.15) is 31.8 Å². The monoisotopic (exact) mass is 448 g/mol. The molecule has 6 nitrogen and oxygen atoms in total. The number of anilines is 1. The van der Waals surface area contributed by atoms with Gasteiger partial charge in [-0.2, -0.15) is 0 Å². The van der Waals surface area contributed by atoms with Gasteiger partial charge in [-0.1, -0.05) is 41.9 Å². The molecular formula is C25H21ClN2O4. The molecule has 0 saturated heterocycles. The van der Waals surface area contributed by atoms with Crippen LogP contribution >= 0.6 is 11.6 Å². The molecule has 2 amide bonds. The minimum Gasteiger partial charge on any atom is -0.465 e. The molecule has 1 aliphatic rings. The zero-order valence-electron chi connectivity index (χ0n) is 17.5. The number of halogens is 1. The third kappa shape index (κ3) is 4.50. The van der Waals surface area contributed by atoms with Crippen LogP contribution in [-0.4, -0.2) is 36.3 Å². The number of rotatable bonds is 4.